The average molecular weight is 338 g/mol. The Morgan fingerprint density at radius 1 is 1.05 bits per heavy atom. The summed E-state index contributed by atoms with van der Waals surface area (Å²) in [6.07, 6.45) is 1.93. The highest BCUT2D eigenvalue weighted by Gasteiger charge is 2.18. The first-order valence-electron chi connectivity index (χ1n) is 7.43. The van der Waals surface area contributed by atoms with Crippen LogP contribution < -0.4 is 4.52 Å². The van der Waals surface area contributed by atoms with Crippen molar-refractivity contribution in [3.05, 3.63) is 60.2 Å². The van der Waals surface area contributed by atoms with Crippen LogP contribution in [0.15, 0.2) is 59.5 Å². The Balaban J connectivity index is 2.30. The molecule has 0 aliphatic heterocycles. The van der Waals surface area contributed by atoms with Crippen LogP contribution in [0.25, 0.3) is 0 Å². The molecular formula is C17H23O3PS. The summed E-state index contributed by atoms with van der Waals surface area (Å²) in [5, 5.41) is 0. The van der Waals surface area contributed by atoms with Crippen molar-refractivity contribution < 1.29 is 13.9 Å². The first kappa shape index (κ1) is 17.3. The normalized spacial score (nSPS) is 13.6. The van der Waals surface area contributed by atoms with Gasteiger partial charge in [-0.1, -0.05) is 60.7 Å². The van der Waals surface area contributed by atoms with Crippen LogP contribution in [0, 0.1) is 6.92 Å². The molecule has 2 aromatic rings. The van der Waals surface area contributed by atoms with Crippen molar-refractivity contribution in [3.63, 3.8) is 0 Å². The summed E-state index contributed by atoms with van der Waals surface area (Å²) in [7, 11) is 0.696. The van der Waals surface area contributed by atoms with Gasteiger partial charge in [0.25, 0.3) is 0 Å². The second-order valence-electron chi connectivity index (χ2n) is 4.97. The Bertz CT molecular complexity index is 643. The number of hydrogen-bond acceptors (Lipinski definition) is 2. The van der Waals surface area contributed by atoms with Gasteiger partial charge in [-0.3, -0.25) is 0 Å². The fraction of sp³-hybridized carbons (Fsp3) is 0.294. The van der Waals surface area contributed by atoms with E-state index >= 15 is 0 Å². The minimum Gasteiger partial charge on any atom is -0.428 e. The monoisotopic (exact) mass is 338 g/mol. The van der Waals surface area contributed by atoms with Crippen LogP contribution in [0.1, 0.15) is 25.3 Å². The quantitative estimate of drug-likeness (QED) is 0.435. The number of thiol groups is 1. The zero-order chi connectivity index (χ0) is 15.8. The van der Waals surface area contributed by atoms with E-state index in [1.807, 2.05) is 61.5 Å². The molecule has 0 saturated carbocycles. The van der Waals surface area contributed by atoms with Crippen LogP contribution >= 0.6 is 6.72 Å². The highest BCUT2D eigenvalue weighted by atomic mass is 32.5. The molecule has 1 N–H and O–H groups in total. The second-order valence-corrected chi connectivity index (χ2v) is 9.19. The zero-order valence-electron chi connectivity index (χ0n) is 13.0. The zero-order valence-corrected chi connectivity index (χ0v) is 14.8. The van der Waals surface area contributed by atoms with Crippen molar-refractivity contribution in [2.75, 3.05) is 6.61 Å². The van der Waals surface area contributed by atoms with Crippen molar-refractivity contribution in [1.29, 1.82) is 0 Å². The average Bonchev–Trinajstić information content (AvgIpc) is 2.51. The molecule has 22 heavy (non-hydrogen) atoms. The van der Waals surface area contributed by atoms with Crippen LogP contribution in [0.3, 0.4) is 0 Å². The molecule has 0 aliphatic carbocycles. The third kappa shape index (κ3) is 5.29. The lowest BCUT2D eigenvalue weighted by Gasteiger charge is -2.21. The highest BCUT2D eigenvalue weighted by Crippen LogP contribution is 2.48. The van der Waals surface area contributed by atoms with E-state index in [1.54, 1.807) is 0 Å². The molecule has 0 bridgehead atoms. The Kier molecular flexibility index (Phi) is 6.71. The van der Waals surface area contributed by atoms with Gasteiger partial charge in [0.1, 0.15) is 5.75 Å². The molecule has 0 aromatic heterocycles. The summed E-state index contributed by atoms with van der Waals surface area (Å²) in [4.78, 5) is 12.0. The second kappa shape index (κ2) is 8.54. The van der Waals surface area contributed by atoms with E-state index in [1.165, 1.54) is 0 Å². The smallest absolute Gasteiger partial charge is 0.336 e. The molecule has 1 unspecified atom stereocenters. The largest absolute Gasteiger partial charge is 0.428 e. The first-order chi connectivity index (χ1) is 10.6. The van der Waals surface area contributed by atoms with Crippen LogP contribution in [0.5, 0.6) is 5.75 Å². The van der Waals surface area contributed by atoms with Crippen molar-refractivity contribution in [3.8, 4) is 5.75 Å². The third-order valence-electron chi connectivity index (χ3n) is 3.07. The molecular weight excluding hydrogens is 315 g/mol. The third-order valence-corrected chi connectivity index (χ3v) is 7.01. The van der Waals surface area contributed by atoms with Gasteiger partial charge in [0.15, 0.2) is 0 Å². The van der Waals surface area contributed by atoms with Gasteiger partial charge in [0.05, 0.1) is 6.61 Å². The molecule has 2 rings (SSSR count). The van der Waals surface area contributed by atoms with Crippen LogP contribution in [-0.2, 0) is 15.5 Å². The number of benzene rings is 2. The topological polar surface area (TPSA) is 38.7 Å². The van der Waals surface area contributed by atoms with Gasteiger partial charge in [-0.2, -0.15) is 0 Å². The Labute approximate surface area is 136 Å². The maximum Gasteiger partial charge on any atom is 0.336 e. The fourth-order valence-electron chi connectivity index (χ4n) is 1.83. The van der Waals surface area contributed by atoms with E-state index in [0.717, 1.165) is 23.3 Å². The van der Waals surface area contributed by atoms with Crippen molar-refractivity contribution in [2.45, 2.75) is 31.6 Å². The summed E-state index contributed by atoms with van der Waals surface area (Å²) in [5.41, 5.74) is 1.12. The maximum atomic E-state index is 10.9. The summed E-state index contributed by atoms with van der Waals surface area (Å²) in [6, 6.07) is 17.3. The SMILES string of the molecule is CCCCOP(O)(Oc1ccccc1)=[SH]c1ccccc1C. The van der Waals surface area contributed by atoms with Gasteiger partial charge in [-0.05, 0) is 37.1 Å². The number of para-hydroxylation sites is 1. The van der Waals surface area contributed by atoms with Gasteiger partial charge in [-0.15, -0.1) is 0 Å². The molecule has 0 amide bonds. The molecule has 0 fully saturated rings. The predicted octanol–water partition coefficient (Wildman–Crippen LogP) is 4.73. The van der Waals surface area contributed by atoms with Gasteiger partial charge < -0.3 is 13.9 Å². The molecule has 0 spiro atoms. The van der Waals surface area contributed by atoms with Crippen LogP contribution in [-0.4, -0.2) is 11.5 Å². The standard InChI is InChI=1S/C17H23O3PS/c1-3-4-14-19-21(18,20-16-11-6-5-7-12-16)22-17-13-9-8-10-15(17)2/h5-13,18,22H,3-4,14H2,1-2H3. The number of aryl methyl sites for hydroxylation is 1. The van der Waals surface area contributed by atoms with Gasteiger partial charge >= 0.3 is 6.72 Å². The summed E-state index contributed by atoms with van der Waals surface area (Å²) in [6.45, 7) is 1.63. The molecule has 0 saturated heterocycles. The van der Waals surface area contributed by atoms with E-state index in [2.05, 4.69) is 6.92 Å². The van der Waals surface area contributed by atoms with E-state index < -0.39 is 6.72 Å². The van der Waals surface area contributed by atoms with E-state index in [-0.39, 0.29) is 0 Å². The van der Waals surface area contributed by atoms with Crippen LogP contribution in [0.4, 0.5) is 0 Å². The minimum atomic E-state index is -3.00. The highest BCUT2D eigenvalue weighted by molar-refractivity contribution is 8.17. The van der Waals surface area contributed by atoms with E-state index in [9.17, 15) is 4.89 Å². The number of unbranched alkanes of at least 4 members (excludes halogenated alkanes) is 1. The molecule has 3 nitrogen and oxygen atoms in total. The molecule has 0 heterocycles. The lowest BCUT2D eigenvalue weighted by Crippen LogP contribution is -2.01. The Hall–Kier alpha value is -1.06. The van der Waals surface area contributed by atoms with E-state index in [4.69, 9.17) is 9.05 Å². The summed E-state index contributed by atoms with van der Waals surface area (Å²) >= 11 is 0. The molecule has 0 radical (unpaired) electrons. The van der Waals surface area contributed by atoms with Crippen molar-refractivity contribution in [2.24, 2.45) is 0 Å². The molecule has 0 aliphatic rings. The van der Waals surface area contributed by atoms with Crippen molar-refractivity contribution in [1.82, 2.24) is 0 Å². The Morgan fingerprint density at radius 3 is 2.41 bits per heavy atom. The molecule has 5 heteroatoms. The fourth-order valence-corrected chi connectivity index (χ4v) is 5.72. The Morgan fingerprint density at radius 2 is 1.73 bits per heavy atom. The van der Waals surface area contributed by atoms with Crippen molar-refractivity contribution >= 4 is 17.7 Å². The van der Waals surface area contributed by atoms with Gasteiger partial charge in [0, 0.05) is 4.90 Å². The van der Waals surface area contributed by atoms with Gasteiger partial charge in [0.2, 0.25) is 0 Å². The summed E-state index contributed by atoms with van der Waals surface area (Å²) < 4.78 is 11.6. The molecule has 120 valence electrons. The predicted molar refractivity (Wildman–Crippen MR) is 95.3 cm³/mol. The number of hydrogen-bond donors (Lipinski definition) is 2. The minimum absolute atomic E-state index is 0.506. The maximum absolute atomic E-state index is 10.9. The number of rotatable bonds is 7. The lowest BCUT2D eigenvalue weighted by molar-refractivity contribution is 0.252. The van der Waals surface area contributed by atoms with Crippen LogP contribution in [0.2, 0.25) is 0 Å². The lowest BCUT2D eigenvalue weighted by atomic mass is 10.2. The first-order valence-corrected chi connectivity index (χ1v) is 10.6. The molecule has 2 aromatic carbocycles. The molecule has 1 atom stereocenters. The van der Waals surface area contributed by atoms with E-state index in [0.29, 0.717) is 23.3 Å². The van der Waals surface area contributed by atoms with Gasteiger partial charge in [-0.25, -0.2) is 0 Å². The summed E-state index contributed by atoms with van der Waals surface area (Å²) in [5.74, 6) is 0.635.